The lowest BCUT2D eigenvalue weighted by atomic mass is 10.1. The third-order valence-corrected chi connectivity index (χ3v) is 3.91. The number of hydrogen-bond donors (Lipinski definition) is 2. The van der Waals surface area contributed by atoms with E-state index >= 15 is 0 Å². The van der Waals surface area contributed by atoms with Gasteiger partial charge in [0.05, 0.1) is 0 Å². The molecule has 0 radical (unpaired) electrons. The summed E-state index contributed by atoms with van der Waals surface area (Å²) >= 11 is 1.62. The first kappa shape index (κ1) is 16.5. The van der Waals surface area contributed by atoms with Gasteiger partial charge in [0.15, 0.2) is 0 Å². The quantitative estimate of drug-likeness (QED) is 0.813. The maximum Gasteiger partial charge on any atom is 0.323 e. The van der Waals surface area contributed by atoms with Crippen LogP contribution in [0.2, 0.25) is 0 Å². The average Bonchev–Trinajstić information content (AvgIpc) is 2.87. The number of nitrogens with one attached hydrogen (secondary N) is 1. The number of carbonyl (C=O) groups is 2. The van der Waals surface area contributed by atoms with Crippen molar-refractivity contribution in [2.45, 2.75) is 45.7 Å². The third kappa shape index (κ3) is 5.21. The zero-order chi connectivity index (χ0) is 15.1. The minimum Gasteiger partial charge on any atom is -0.480 e. The lowest BCUT2D eigenvalue weighted by Gasteiger charge is -2.28. The first-order valence-corrected chi connectivity index (χ1v) is 7.68. The molecular weight excluding hydrogens is 276 g/mol. The number of thiophene rings is 1. The van der Waals surface area contributed by atoms with Gasteiger partial charge in [0.1, 0.15) is 6.54 Å². The van der Waals surface area contributed by atoms with Crippen molar-refractivity contribution in [3.63, 3.8) is 0 Å². The van der Waals surface area contributed by atoms with E-state index in [-0.39, 0.29) is 24.7 Å². The van der Waals surface area contributed by atoms with Gasteiger partial charge in [0.25, 0.3) is 0 Å². The largest absolute Gasteiger partial charge is 0.480 e. The minimum absolute atomic E-state index is 0.0301. The monoisotopic (exact) mass is 298 g/mol. The molecular formula is C14H22N2O3S. The zero-order valence-electron chi connectivity index (χ0n) is 12.1. The van der Waals surface area contributed by atoms with Crippen LogP contribution in [0.15, 0.2) is 16.8 Å². The van der Waals surface area contributed by atoms with Crippen LogP contribution in [0.4, 0.5) is 4.79 Å². The molecule has 0 fully saturated rings. The van der Waals surface area contributed by atoms with Crippen molar-refractivity contribution in [2.24, 2.45) is 0 Å². The second kappa shape index (κ2) is 7.89. The van der Waals surface area contributed by atoms with Gasteiger partial charge in [-0.15, -0.1) is 0 Å². The van der Waals surface area contributed by atoms with Crippen molar-refractivity contribution in [3.8, 4) is 0 Å². The Morgan fingerprint density at radius 2 is 2.15 bits per heavy atom. The Labute approximate surface area is 123 Å². The summed E-state index contributed by atoms with van der Waals surface area (Å²) < 4.78 is 0. The highest BCUT2D eigenvalue weighted by atomic mass is 32.1. The Bertz CT molecular complexity index is 434. The summed E-state index contributed by atoms with van der Waals surface area (Å²) in [5.74, 6) is -0.995. The number of carboxylic acids is 1. The van der Waals surface area contributed by atoms with Crippen molar-refractivity contribution in [3.05, 3.63) is 22.4 Å². The van der Waals surface area contributed by atoms with E-state index in [4.69, 9.17) is 5.11 Å². The number of hydrogen-bond acceptors (Lipinski definition) is 3. The maximum absolute atomic E-state index is 12.2. The van der Waals surface area contributed by atoms with E-state index in [1.807, 2.05) is 37.6 Å². The number of nitrogens with zero attached hydrogens (tertiary/aromatic N) is 1. The van der Waals surface area contributed by atoms with Crippen molar-refractivity contribution < 1.29 is 14.7 Å². The predicted octanol–water partition coefficient (Wildman–Crippen LogP) is 2.57. The van der Waals surface area contributed by atoms with E-state index in [1.54, 1.807) is 11.3 Å². The molecule has 0 spiro atoms. The Morgan fingerprint density at radius 3 is 2.65 bits per heavy atom. The van der Waals surface area contributed by atoms with E-state index in [1.165, 1.54) is 10.5 Å². The van der Waals surface area contributed by atoms with Crippen LogP contribution in [0.3, 0.4) is 0 Å². The molecule has 2 amide bonds. The van der Waals surface area contributed by atoms with Gasteiger partial charge in [0.2, 0.25) is 0 Å². The fourth-order valence-corrected chi connectivity index (χ4v) is 2.58. The Hall–Kier alpha value is -1.56. The standard InChI is InChI=1S/C14H22N2O3S/c1-4-11(3)16(8-13(17)18)14(19)15-10(2)7-12-5-6-20-9-12/h5-6,9-11H,4,7-8H2,1-3H3,(H,15,19)(H,17,18). The van der Waals surface area contributed by atoms with Crippen LogP contribution < -0.4 is 5.32 Å². The van der Waals surface area contributed by atoms with Gasteiger partial charge in [-0.25, -0.2) is 4.79 Å². The minimum atomic E-state index is -0.995. The summed E-state index contributed by atoms with van der Waals surface area (Å²) in [5, 5.41) is 15.8. The molecule has 6 heteroatoms. The number of aliphatic carboxylic acids is 1. The zero-order valence-corrected chi connectivity index (χ0v) is 12.9. The molecule has 2 unspecified atom stereocenters. The van der Waals surface area contributed by atoms with Crippen LogP contribution in [-0.2, 0) is 11.2 Å². The van der Waals surface area contributed by atoms with E-state index in [0.717, 1.165) is 12.8 Å². The first-order valence-electron chi connectivity index (χ1n) is 6.74. The summed E-state index contributed by atoms with van der Waals surface area (Å²) in [6.07, 6.45) is 1.47. The molecule has 1 aromatic rings. The van der Waals surface area contributed by atoms with Gasteiger partial charge >= 0.3 is 12.0 Å². The molecule has 5 nitrogen and oxygen atoms in total. The van der Waals surface area contributed by atoms with E-state index in [2.05, 4.69) is 5.32 Å². The molecule has 112 valence electrons. The maximum atomic E-state index is 12.2. The van der Waals surface area contributed by atoms with Crippen molar-refractivity contribution in [2.75, 3.05) is 6.54 Å². The van der Waals surface area contributed by atoms with Gasteiger partial charge in [0, 0.05) is 12.1 Å². The predicted molar refractivity (Wildman–Crippen MR) is 80.1 cm³/mol. The molecule has 0 bridgehead atoms. The number of rotatable bonds is 7. The Morgan fingerprint density at radius 1 is 1.45 bits per heavy atom. The van der Waals surface area contributed by atoms with E-state index in [9.17, 15) is 9.59 Å². The molecule has 0 saturated heterocycles. The van der Waals surface area contributed by atoms with Crippen LogP contribution in [0.25, 0.3) is 0 Å². The van der Waals surface area contributed by atoms with Crippen LogP contribution in [0.1, 0.15) is 32.8 Å². The summed E-state index contributed by atoms with van der Waals surface area (Å²) in [5.41, 5.74) is 1.18. The SMILES string of the molecule is CCC(C)N(CC(=O)O)C(=O)NC(C)Cc1ccsc1. The van der Waals surface area contributed by atoms with E-state index < -0.39 is 5.97 Å². The summed E-state index contributed by atoms with van der Waals surface area (Å²) in [6.45, 7) is 5.44. The summed E-state index contributed by atoms with van der Waals surface area (Å²) in [4.78, 5) is 24.4. The molecule has 1 aromatic heterocycles. The normalized spacial score (nSPS) is 13.6. The second-order valence-corrected chi connectivity index (χ2v) is 5.75. The van der Waals surface area contributed by atoms with Crippen LogP contribution in [0, 0.1) is 0 Å². The molecule has 2 atom stereocenters. The van der Waals surface area contributed by atoms with Gasteiger partial charge in [-0.1, -0.05) is 6.92 Å². The third-order valence-electron chi connectivity index (χ3n) is 3.18. The molecule has 2 N–H and O–H groups in total. The molecule has 0 saturated carbocycles. The van der Waals surface area contributed by atoms with Gasteiger partial charge in [-0.05, 0) is 49.1 Å². The molecule has 0 aliphatic rings. The number of urea groups is 1. The van der Waals surface area contributed by atoms with Crippen molar-refractivity contribution in [1.82, 2.24) is 10.2 Å². The average molecular weight is 298 g/mol. The Kier molecular flexibility index (Phi) is 6.51. The highest BCUT2D eigenvalue weighted by Crippen LogP contribution is 2.09. The fraction of sp³-hybridized carbons (Fsp3) is 0.571. The molecule has 20 heavy (non-hydrogen) atoms. The summed E-state index contributed by atoms with van der Waals surface area (Å²) in [6, 6.07) is 1.58. The topological polar surface area (TPSA) is 69.6 Å². The number of amides is 2. The Balaban J connectivity index is 2.58. The van der Waals surface area contributed by atoms with Gasteiger partial charge in [-0.3, -0.25) is 4.79 Å². The highest BCUT2D eigenvalue weighted by molar-refractivity contribution is 7.07. The van der Waals surface area contributed by atoms with Crippen molar-refractivity contribution >= 4 is 23.3 Å². The number of carbonyl (C=O) groups excluding carboxylic acids is 1. The molecule has 1 rings (SSSR count). The van der Waals surface area contributed by atoms with Crippen molar-refractivity contribution in [1.29, 1.82) is 0 Å². The second-order valence-electron chi connectivity index (χ2n) is 4.97. The van der Waals surface area contributed by atoms with Crippen LogP contribution in [0.5, 0.6) is 0 Å². The molecule has 0 aliphatic carbocycles. The smallest absolute Gasteiger partial charge is 0.323 e. The highest BCUT2D eigenvalue weighted by Gasteiger charge is 2.22. The fourth-order valence-electron chi connectivity index (χ4n) is 1.90. The lowest BCUT2D eigenvalue weighted by molar-refractivity contribution is -0.138. The van der Waals surface area contributed by atoms with E-state index in [0.29, 0.717) is 0 Å². The van der Waals surface area contributed by atoms with Crippen LogP contribution in [-0.4, -0.2) is 40.6 Å². The lowest BCUT2D eigenvalue weighted by Crippen LogP contribution is -2.50. The molecule has 1 heterocycles. The van der Waals surface area contributed by atoms with Gasteiger partial charge < -0.3 is 15.3 Å². The molecule has 0 aromatic carbocycles. The number of carboxylic acid groups (broad SMARTS) is 1. The first-order chi connectivity index (χ1) is 9.43. The summed E-state index contributed by atoms with van der Waals surface area (Å²) in [7, 11) is 0. The van der Waals surface area contributed by atoms with Gasteiger partial charge in [-0.2, -0.15) is 11.3 Å². The van der Waals surface area contributed by atoms with Crippen LogP contribution >= 0.6 is 11.3 Å². The molecule has 0 aliphatic heterocycles.